The number of fused-ring (bicyclic) bond motifs is 1. The third kappa shape index (κ3) is 4.85. The number of rotatable bonds is 7. The van der Waals surface area contributed by atoms with Crippen molar-refractivity contribution in [1.82, 2.24) is 4.90 Å². The fourth-order valence-electron chi connectivity index (χ4n) is 4.49. The Morgan fingerprint density at radius 2 is 1.96 bits per heavy atom. The Morgan fingerprint density at radius 1 is 1.19 bits per heavy atom. The van der Waals surface area contributed by atoms with E-state index in [4.69, 9.17) is 0 Å². The minimum absolute atomic E-state index is 0.175. The Hall–Kier alpha value is -1.42. The molecule has 1 unspecified atom stereocenters. The summed E-state index contributed by atoms with van der Waals surface area (Å²) in [6, 6.07) is 4.82. The van der Waals surface area contributed by atoms with Crippen molar-refractivity contribution in [2.75, 3.05) is 31.1 Å². The fraction of sp³-hybridized carbons (Fsp3) is 0.682. The van der Waals surface area contributed by atoms with Crippen molar-refractivity contribution in [1.29, 1.82) is 0 Å². The maximum Gasteiger partial charge on any atom is 0.227 e. The molecule has 1 fully saturated rings. The van der Waals surface area contributed by atoms with Crippen molar-refractivity contribution in [2.45, 2.75) is 58.8 Å². The van der Waals surface area contributed by atoms with E-state index in [0.29, 0.717) is 18.8 Å². The summed E-state index contributed by atoms with van der Waals surface area (Å²) in [5.41, 5.74) is 1.88. The summed E-state index contributed by atoms with van der Waals surface area (Å²) in [7, 11) is 0. The van der Waals surface area contributed by atoms with Crippen LogP contribution in [0.3, 0.4) is 0 Å². The molecule has 0 aliphatic carbocycles. The van der Waals surface area contributed by atoms with E-state index < -0.39 is 0 Å². The highest BCUT2D eigenvalue weighted by Gasteiger charge is 2.27. The van der Waals surface area contributed by atoms with E-state index in [1.54, 1.807) is 12.1 Å². The highest BCUT2D eigenvalue weighted by molar-refractivity contribution is 5.96. The number of hydrogen-bond acceptors (Lipinski definition) is 2. The van der Waals surface area contributed by atoms with Gasteiger partial charge in [0.15, 0.2) is 0 Å². The van der Waals surface area contributed by atoms with Crippen LogP contribution in [0.15, 0.2) is 18.2 Å². The predicted octanol–water partition coefficient (Wildman–Crippen LogP) is 4.64. The molecule has 26 heavy (non-hydrogen) atoms. The minimum Gasteiger partial charge on any atom is -0.312 e. The number of hydrogen-bond donors (Lipinski definition) is 0. The second kappa shape index (κ2) is 8.98. The number of anilines is 1. The first-order valence-corrected chi connectivity index (χ1v) is 10.4. The molecule has 4 heteroatoms. The van der Waals surface area contributed by atoms with Crippen molar-refractivity contribution in [3.63, 3.8) is 0 Å². The number of benzene rings is 1. The van der Waals surface area contributed by atoms with Gasteiger partial charge in [0.25, 0.3) is 0 Å². The molecule has 0 aromatic heterocycles. The van der Waals surface area contributed by atoms with Crippen LogP contribution in [0.2, 0.25) is 0 Å². The highest BCUT2D eigenvalue weighted by Crippen LogP contribution is 2.29. The molecule has 3 nitrogen and oxygen atoms in total. The Morgan fingerprint density at radius 3 is 2.69 bits per heavy atom. The molecule has 2 aliphatic heterocycles. The molecule has 0 saturated carbocycles. The number of carbonyl (C=O) groups excluding carboxylic acids is 1. The van der Waals surface area contributed by atoms with E-state index in [-0.39, 0.29) is 11.7 Å². The topological polar surface area (TPSA) is 23.6 Å². The third-order valence-corrected chi connectivity index (χ3v) is 5.98. The largest absolute Gasteiger partial charge is 0.312 e. The van der Waals surface area contributed by atoms with Crippen molar-refractivity contribution >= 4 is 11.6 Å². The molecule has 1 saturated heterocycles. The van der Waals surface area contributed by atoms with Crippen molar-refractivity contribution < 1.29 is 9.18 Å². The molecule has 0 spiro atoms. The lowest BCUT2D eigenvalue weighted by molar-refractivity contribution is -0.119. The van der Waals surface area contributed by atoms with Gasteiger partial charge in [-0.05, 0) is 68.0 Å². The van der Waals surface area contributed by atoms with E-state index in [1.165, 1.54) is 51.3 Å². The quantitative estimate of drug-likeness (QED) is 0.707. The molecule has 1 atom stereocenters. The monoisotopic (exact) mass is 360 g/mol. The zero-order valence-corrected chi connectivity index (χ0v) is 16.3. The molecule has 0 bridgehead atoms. The molecule has 1 aromatic carbocycles. The van der Waals surface area contributed by atoms with Crippen LogP contribution in [0.5, 0.6) is 0 Å². The van der Waals surface area contributed by atoms with Crippen LogP contribution >= 0.6 is 0 Å². The highest BCUT2D eigenvalue weighted by atomic mass is 19.1. The average Bonchev–Trinajstić information content (AvgIpc) is 2.63. The standard InChI is InChI=1S/C22H33FN2O/c1-3-4-5-18-10-12-24(13-11-18)15-17(2)16-25-21-8-7-20(23)14-19(21)6-9-22(25)26/h7-8,14,17-18H,3-6,9-13,15-16H2,1-2H3. The molecular weight excluding hydrogens is 327 g/mol. The van der Waals surface area contributed by atoms with Gasteiger partial charge in [0.2, 0.25) is 5.91 Å². The molecule has 0 radical (unpaired) electrons. The number of nitrogens with zero attached hydrogens (tertiary/aromatic N) is 2. The summed E-state index contributed by atoms with van der Waals surface area (Å²) in [5, 5.41) is 0. The maximum absolute atomic E-state index is 13.5. The molecule has 144 valence electrons. The minimum atomic E-state index is -0.211. The van der Waals surface area contributed by atoms with Gasteiger partial charge in [-0.15, -0.1) is 0 Å². The Balaban J connectivity index is 1.52. The van der Waals surface area contributed by atoms with E-state index in [2.05, 4.69) is 18.7 Å². The van der Waals surface area contributed by atoms with Gasteiger partial charge in [0.05, 0.1) is 0 Å². The summed E-state index contributed by atoms with van der Waals surface area (Å²) in [5.74, 6) is 1.29. The van der Waals surface area contributed by atoms with Crippen molar-refractivity contribution in [3.05, 3.63) is 29.6 Å². The first kappa shape index (κ1) is 19.3. The second-order valence-corrected chi connectivity index (χ2v) is 8.27. The number of carbonyl (C=O) groups is 1. The SMILES string of the molecule is CCCCC1CCN(CC(C)CN2C(=O)CCc3cc(F)ccc32)CC1. The van der Waals surface area contributed by atoms with Gasteiger partial charge in [0, 0.05) is 25.2 Å². The lowest BCUT2D eigenvalue weighted by atomic mass is 9.91. The summed E-state index contributed by atoms with van der Waals surface area (Å²) in [6.07, 6.45) is 7.82. The van der Waals surface area contributed by atoms with Crippen LogP contribution in [0.1, 0.15) is 57.9 Å². The van der Waals surface area contributed by atoms with E-state index in [1.807, 2.05) is 4.90 Å². The lowest BCUT2D eigenvalue weighted by Crippen LogP contribution is -2.43. The van der Waals surface area contributed by atoms with Crippen LogP contribution in [0, 0.1) is 17.7 Å². The van der Waals surface area contributed by atoms with Gasteiger partial charge >= 0.3 is 0 Å². The molecule has 2 heterocycles. The van der Waals surface area contributed by atoms with Crippen LogP contribution in [0.4, 0.5) is 10.1 Å². The van der Waals surface area contributed by atoms with Crippen LogP contribution in [-0.4, -0.2) is 37.0 Å². The van der Waals surface area contributed by atoms with Gasteiger partial charge in [0.1, 0.15) is 5.82 Å². The maximum atomic E-state index is 13.5. The van der Waals surface area contributed by atoms with Gasteiger partial charge in [-0.2, -0.15) is 0 Å². The van der Waals surface area contributed by atoms with E-state index >= 15 is 0 Å². The predicted molar refractivity (Wildman–Crippen MR) is 105 cm³/mol. The first-order chi connectivity index (χ1) is 12.6. The van der Waals surface area contributed by atoms with Crippen LogP contribution in [-0.2, 0) is 11.2 Å². The van der Waals surface area contributed by atoms with Crippen LogP contribution in [0.25, 0.3) is 0 Å². The number of aryl methyl sites for hydroxylation is 1. The second-order valence-electron chi connectivity index (χ2n) is 8.27. The first-order valence-electron chi connectivity index (χ1n) is 10.4. The molecule has 1 aromatic rings. The summed E-state index contributed by atoms with van der Waals surface area (Å²) in [4.78, 5) is 16.9. The fourth-order valence-corrected chi connectivity index (χ4v) is 4.49. The Bertz CT molecular complexity index is 610. The molecular formula is C22H33FN2O. The van der Waals surface area contributed by atoms with Crippen LogP contribution < -0.4 is 4.90 Å². The number of unbranched alkanes of at least 4 members (excludes halogenated alkanes) is 1. The molecule has 0 N–H and O–H groups in total. The zero-order valence-electron chi connectivity index (χ0n) is 16.3. The van der Waals surface area contributed by atoms with E-state index in [0.717, 1.165) is 30.3 Å². The third-order valence-electron chi connectivity index (χ3n) is 5.98. The normalized spacial score (nSPS) is 20.3. The summed E-state index contributed by atoms with van der Waals surface area (Å²) in [6.45, 7) is 8.65. The Labute approximate surface area is 157 Å². The molecule has 1 amide bonds. The van der Waals surface area contributed by atoms with Crippen molar-refractivity contribution in [3.8, 4) is 0 Å². The van der Waals surface area contributed by atoms with Gasteiger partial charge in [-0.1, -0.05) is 33.1 Å². The van der Waals surface area contributed by atoms with Crippen molar-refractivity contribution in [2.24, 2.45) is 11.8 Å². The zero-order chi connectivity index (χ0) is 18.5. The molecule has 2 aliphatic rings. The Kier molecular flexibility index (Phi) is 6.68. The lowest BCUT2D eigenvalue weighted by Gasteiger charge is -2.36. The average molecular weight is 361 g/mol. The number of halogens is 1. The van der Waals surface area contributed by atoms with Gasteiger partial charge in [-0.3, -0.25) is 4.79 Å². The van der Waals surface area contributed by atoms with Gasteiger partial charge in [-0.25, -0.2) is 4.39 Å². The number of likely N-dealkylation sites (tertiary alicyclic amines) is 1. The van der Waals surface area contributed by atoms with Gasteiger partial charge < -0.3 is 9.80 Å². The number of piperidine rings is 1. The summed E-state index contributed by atoms with van der Waals surface area (Å²) >= 11 is 0. The van der Waals surface area contributed by atoms with E-state index in [9.17, 15) is 9.18 Å². The summed E-state index contributed by atoms with van der Waals surface area (Å²) < 4.78 is 13.5. The number of amides is 1. The smallest absolute Gasteiger partial charge is 0.227 e. The molecule has 3 rings (SSSR count).